The summed E-state index contributed by atoms with van der Waals surface area (Å²) in [5.41, 5.74) is 4.42. The maximum atomic E-state index is 6.26. The van der Waals surface area contributed by atoms with E-state index >= 15 is 0 Å². The summed E-state index contributed by atoms with van der Waals surface area (Å²) in [6.45, 7) is 0. The molecule has 0 bridgehead atoms. The van der Waals surface area contributed by atoms with Gasteiger partial charge < -0.3 is 4.42 Å². The van der Waals surface area contributed by atoms with Crippen molar-refractivity contribution >= 4 is 50.8 Å². The van der Waals surface area contributed by atoms with Gasteiger partial charge in [-0.1, -0.05) is 176 Å². The molecule has 9 aromatic rings. The molecular formula is C45H31N3OSi. The monoisotopic (exact) mass is 657 g/mol. The second kappa shape index (κ2) is 12.5. The molecule has 2 heterocycles. The Morgan fingerprint density at radius 2 is 0.820 bits per heavy atom. The summed E-state index contributed by atoms with van der Waals surface area (Å²) in [6.07, 6.45) is 0. The zero-order chi connectivity index (χ0) is 33.3. The molecule has 0 radical (unpaired) electrons. The van der Waals surface area contributed by atoms with Crippen LogP contribution in [0.25, 0.3) is 56.1 Å². The van der Waals surface area contributed by atoms with Gasteiger partial charge in [0.05, 0.1) is 0 Å². The highest BCUT2D eigenvalue weighted by molar-refractivity contribution is 7.19. The molecule has 50 heavy (non-hydrogen) atoms. The van der Waals surface area contributed by atoms with Gasteiger partial charge in [0.15, 0.2) is 25.5 Å². The van der Waals surface area contributed by atoms with Crippen molar-refractivity contribution in [2.45, 2.75) is 0 Å². The second-order valence-corrected chi connectivity index (χ2v) is 16.2. The van der Waals surface area contributed by atoms with Gasteiger partial charge in [0.25, 0.3) is 0 Å². The first-order valence-corrected chi connectivity index (χ1v) is 18.8. The minimum absolute atomic E-state index is 0.606. The number of nitrogens with zero attached hydrogens (tertiary/aromatic N) is 3. The summed E-state index contributed by atoms with van der Waals surface area (Å²) in [5, 5.41) is 7.23. The lowest BCUT2D eigenvalue weighted by molar-refractivity contribution is 0.669. The Labute approximate surface area is 291 Å². The lowest BCUT2D eigenvalue weighted by Crippen LogP contribution is -2.74. The number of hydrogen-bond donors (Lipinski definition) is 0. The molecule has 0 unspecified atom stereocenters. The third-order valence-electron chi connectivity index (χ3n) is 9.49. The summed E-state index contributed by atoms with van der Waals surface area (Å²) >= 11 is 0. The van der Waals surface area contributed by atoms with Crippen LogP contribution in [-0.2, 0) is 0 Å². The lowest BCUT2D eigenvalue weighted by atomic mass is 10.1. The van der Waals surface area contributed by atoms with Gasteiger partial charge in [0.1, 0.15) is 11.2 Å². The Bertz CT molecular complexity index is 2490. The van der Waals surface area contributed by atoms with Gasteiger partial charge in [-0.15, -0.1) is 0 Å². The molecule has 0 saturated heterocycles. The Hall–Kier alpha value is -6.43. The molecule has 0 atom stereocenters. The lowest BCUT2D eigenvalue weighted by Gasteiger charge is -2.34. The topological polar surface area (TPSA) is 51.8 Å². The molecule has 0 fully saturated rings. The van der Waals surface area contributed by atoms with E-state index in [1.165, 1.54) is 20.7 Å². The highest BCUT2D eigenvalue weighted by atomic mass is 28.3. The van der Waals surface area contributed by atoms with E-state index in [4.69, 9.17) is 19.4 Å². The Kier molecular flexibility index (Phi) is 7.45. The van der Waals surface area contributed by atoms with Crippen LogP contribution in [0.15, 0.2) is 192 Å². The Morgan fingerprint density at radius 1 is 0.360 bits per heavy atom. The van der Waals surface area contributed by atoms with Crippen molar-refractivity contribution in [3.05, 3.63) is 188 Å². The van der Waals surface area contributed by atoms with E-state index in [1.54, 1.807) is 0 Å². The number of aromatic nitrogens is 3. The van der Waals surface area contributed by atoms with Crippen LogP contribution in [0.2, 0.25) is 0 Å². The van der Waals surface area contributed by atoms with Crippen molar-refractivity contribution in [2.75, 3.05) is 0 Å². The molecule has 7 aromatic carbocycles. The van der Waals surface area contributed by atoms with Crippen molar-refractivity contribution in [1.29, 1.82) is 0 Å². The van der Waals surface area contributed by atoms with E-state index in [0.717, 1.165) is 38.6 Å². The van der Waals surface area contributed by atoms with E-state index in [9.17, 15) is 0 Å². The zero-order valence-corrected chi connectivity index (χ0v) is 28.1. The highest BCUT2D eigenvalue weighted by Gasteiger charge is 2.41. The highest BCUT2D eigenvalue weighted by Crippen LogP contribution is 2.36. The van der Waals surface area contributed by atoms with E-state index in [0.29, 0.717) is 17.5 Å². The third kappa shape index (κ3) is 5.03. The van der Waals surface area contributed by atoms with Crippen molar-refractivity contribution in [3.63, 3.8) is 0 Å². The average Bonchev–Trinajstić information content (AvgIpc) is 3.59. The van der Waals surface area contributed by atoms with Crippen LogP contribution in [0, 0.1) is 0 Å². The Balaban J connectivity index is 1.30. The van der Waals surface area contributed by atoms with Gasteiger partial charge >= 0.3 is 0 Å². The van der Waals surface area contributed by atoms with Gasteiger partial charge in [-0.25, -0.2) is 15.0 Å². The largest absolute Gasteiger partial charge is 0.456 e. The molecule has 4 nitrogen and oxygen atoms in total. The van der Waals surface area contributed by atoms with E-state index in [2.05, 4.69) is 127 Å². The molecule has 236 valence electrons. The fourth-order valence-electron chi connectivity index (χ4n) is 7.26. The summed E-state index contributed by atoms with van der Waals surface area (Å²) in [6, 6.07) is 66.1. The molecule has 0 aliphatic carbocycles. The molecule has 2 aromatic heterocycles. The molecule has 0 aliphatic heterocycles. The number of rotatable bonds is 7. The summed E-state index contributed by atoms with van der Waals surface area (Å²) in [7, 11) is -2.76. The van der Waals surface area contributed by atoms with E-state index in [-0.39, 0.29) is 0 Å². The number of furan rings is 1. The number of para-hydroxylation sites is 1. The van der Waals surface area contributed by atoms with Crippen molar-refractivity contribution in [2.24, 2.45) is 0 Å². The van der Waals surface area contributed by atoms with Crippen LogP contribution in [0.5, 0.6) is 0 Å². The predicted octanol–water partition coefficient (Wildman–Crippen LogP) is 8.15. The smallest absolute Gasteiger partial charge is 0.179 e. The minimum Gasteiger partial charge on any atom is -0.456 e. The summed E-state index contributed by atoms with van der Waals surface area (Å²) < 4.78 is 6.26. The number of benzene rings is 7. The normalized spacial score (nSPS) is 11.6. The van der Waals surface area contributed by atoms with Crippen molar-refractivity contribution in [1.82, 2.24) is 15.0 Å². The third-order valence-corrected chi connectivity index (χ3v) is 14.3. The molecule has 9 rings (SSSR count). The van der Waals surface area contributed by atoms with Crippen molar-refractivity contribution in [3.8, 4) is 34.2 Å². The van der Waals surface area contributed by atoms with Gasteiger partial charge in [-0.05, 0) is 32.9 Å². The second-order valence-electron chi connectivity index (χ2n) is 12.4. The van der Waals surface area contributed by atoms with Crippen molar-refractivity contribution < 1.29 is 4.42 Å². The molecule has 0 amide bonds. The van der Waals surface area contributed by atoms with Crippen LogP contribution < -0.4 is 20.7 Å². The number of fused-ring (bicyclic) bond motifs is 3. The van der Waals surface area contributed by atoms with Gasteiger partial charge in [0.2, 0.25) is 0 Å². The molecule has 0 N–H and O–H groups in total. The molecule has 0 spiro atoms. The van der Waals surface area contributed by atoms with Crippen LogP contribution in [0.1, 0.15) is 0 Å². The molecule has 0 saturated carbocycles. The standard InChI is InChI=1S/C45H31N3OSi/c1-5-17-32(18-6-1)43-46-44(48-45(47-43)39-28-16-30-41-42(39)38-27-13-14-29-40(38)49-41)33-19-15-26-37(31-33)50(34-20-7-2-8-21-34,35-22-9-3-10-23-35)36-24-11-4-12-25-36/h1-31H. The number of hydrogen-bond acceptors (Lipinski definition) is 4. The first kappa shape index (κ1) is 29.7. The van der Waals surface area contributed by atoms with Crippen LogP contribution in [0.3, 0.4) is 0 Å². The quantitative estimate of drug-likeness (QED) is 0.128. The Morgan fingerprint density at radius 3 is 1.46 bits per heavy atom. The first-order chi connectivity index (χ1) is 24.8. The fourth-order valence-corrected chi connectivity index (χ4v) is 12.1. The first-order valence-electron chi connectivity index (χ1n) is 16.8. The van der Waals surface area contributed by atoms with Crippen LogP contribution >= 0.6 is 0 Å². The maximum Gasteiger partial charge on any atom is 0.179 e. The SMILES string of the molecule is c1ccc(-c2nc(-c3cccc([Si](c4ccccc4)(c4ccccc4)c4ccccc4)c3)nc(-c3cccc4oc5ccccc5c34)n2)cc1. The van der Waals surface area contributed by atoms with Crippen LogP contribution in [0.4, 0.5) is 0 Å². The summed E-state index contributed by atoms with van der Waals surface area (Å²) in [4.78, 5) is 15.5. The van der Waals surface area contributed by atoms with Gasteiger partial charge in [-0.3, -0.25) is 0 Å². The molecular weight excluding hydrogens is 627 g/mol. The van der Waals surface area contributed by atoms with E-state index < -0.39 is 8.07 Å². The fraction of sp³-hybridized carbons (Fsp3) is 0. The zero-order valence-electron chi connectivity index (χ0n) is 27.1. The maximum absolute atomic E-state index is 6.26. The molecule has 0 aliphatic rings. The molecule has 5 heteroatoms. The minimum atomic E-state index is -2.76. The summed E-state index contributed by atoms with van der Waals surface area (Å²) in [5.74, 6) is 1.85. The average molecular weight is 658 g/mol. The van der Waals surface area contributed by atoms with Gasteiger partial charge in [0, 0.05) is 27.5 Å². The van der Waals surface area contributed by atoms with Crippen LogP contribution in [-0.4, -0.2) is 23.0 Å². The predicted molar refractivity (Wildman–Crippen MR) is 207 cm³/mol. The van der Waals surface area contributed by atoms with E-state index in [1.807, 2.05) is 60.7 Å². The van der Waals surface area contributed by atoms with Gasteiger partial charge in [-0.2, -0.15) is 0 Å².